The highest BCUT2D eigenvalue weighted by Gasteiger charge is 2.18. The predicted octanol–water partition coefficient (Wildman–Crippen LogP) is 3.56. The topological polar surface area (TPSA) is 75.1 Å². The third-order valence-electron chi connectivity index (χ3n) is 3.80. The summed E-state index contributed by atoms with van der Waals surface area (Å²) < 4.78 is 2.11. The van der Waals surface area contributed by atoms with Crippen molar-refractivity contribution in [1.29, 1.82) is 0 Å². The molecule has 2 aromatic heterocycles. The second-order valence-electron chi connectivity index (χ2n) is 5.72. The van der Waals surface area contributed by atoms with E-state index >= 15 is 0 Å². The van der Waals surface area contributed by atoms with E-state index in [0.717, 1.165) is 36.5 Å². The molecule has 2 rings (SSSR count). The fraction of sp³-hybridized carbons (Fsp3) is 0.412. The number of H-pyrrole nitrogens is 1. The van der Waals surface area contributed by atoms with Gasteiger partial charge in [-0.25, -0.2) is 4.79 Å². The van der Waals surface area contributed by atoms with Crippen molar-refractivity contribution in [2.24, 2.45) is 0 Å². The molecule has 0 atom stereocenters. The first-order valence-corrected chi connectivity index (χ1v) is 7.49. The van der Waals surface area contributed by atoms with Gasteiger partial charge in [0.15, 0.2) is 0 Å². The summed E-state index contributed by atoms with van der Waals surface area (Å²) in [5, 5.41) is 9.35. The van der Waals surface area contributed by atoms with Crippen LogP contribution >= 0.6 is 0 Å². The standard InChI is InChI=1S/C17H22N2O3/c1-11-10-14(17(21)22)16(18-11)15-8-7-12(2)19(15)9-5-4-6-13(3)20/h7-8,10,18H,4-6,9H2,1-3H3,(H,21,22). The van der Waals surface area contributed by atoms with Crippen LogP contribution in [0.5, 0.6) is 0 Å². The molecular weight excluding hydrogens is 280 g/mol. The Kier molecular flexibility index (Phi) is 4.85. The minimum absolute atomic E-state index is 0.206. The maximum Gasteiger partial charge on any atom is 0.337 e. The molecule has 5 heteroatoms. The average Bonchev–Trinajstić information content (AvgIpc) is 2.98. The normalized spacial score (nSPS) is 10.9. The maximum atomic E-state index is 11.4. The number of aryl methyl sites for hydroxylation is 2. The molecule has 0 aliphatic carbocycles. The van der Waals surface area contributed by atoms with Crippen molar-refractivity contribution in [2.45, 2.75) is 46.6 Å². The number of ketones is 1. The summed E-state index contributed by atoms with van der Waals surface area (Å²) >= 11 is 0. The van der Waals surface area contributed by atoms with Gasteiger partial charge < -0.3 is 19.5 Å². The summed E-state index contributed by atoms with van der Waals surface area (Å²) in [4.78, 5) is 25.5. The van der Waals surface area contributed by atoms with Crippen LogP contribution in [0.15, 0.2) is 18.2 Å². The van der Waals surface area contributed by atoms with Crippen molar-refractivity contribution in [3.8, 4) is 11.4 Å². The van der Waals surface area contributed by atoms with Crippen LogP contribution in [0, 0.1) is 13.8 Å². The Labute approximate surface area is 130 Å². The molecule has 118 valence electrons. The zero-order valence-electron chi connectivity index (χ0n) is 13.3. The molecule has 0 saturated heterocycles. The third kappa shape index (κ3) is 3.47. The van der Waals surface area contributed by atoms with Gasteiger partial charge in [0.2, 0.25) is 0 Å². The Balaban J connectivity index is 2.26. The number of unbranched alkanes of at least 4 members (excludes halogenated alkanes) is 1. The van der Waals surface area contributed by atoms with E-state index in [9.17, 15) is 14.7 Å². The fourth-order valence-corrected chi connectivity index (χ4v) is 2.69. The number of aromatic nitrogens is 2. The van der Waals surface area contributed by atoms with Crippen LogP contribution < -0.4 is 0 Å². The number of carboxylic acids is 1. The van der Waals surface area contributed by atoms with Gasteiger partial charge in [-0.05, 0) is 51.8 Å². The van der Waals surface area contributed by atoms with E-state index in [2.05, 4.69) is 9.55 Å². The molecule has 0 saturated carbocycles. The number of aromatic amines is 1. The largest absolute Gasteiger partial charge is 0.478 e. The molecule has 0 fully saturated rings. The van der Waals surface area contributed by atoms with E-state index < -0.39 is 5.97 Å². The number of hydrogen-bond acceptors (Lipinski definition) is 2. The van der Waals surface area contributed by atoms with Gasteiger partial charge in [0.1, 0.15) is 5.78 Å². The Morgan fingerprint density at radius 1 is 1.23 bits per heavy atom. The molecule has 2 aromatic rings. The fourth-order valence-electron chi connectivity index (χ4n) is 2.69. The first-order chi connectivity index (χ1) is 10.4. The Hall–Kier alpha value is -2.30. The minimum Gasteiger partial charge on any atom is -0.478 e. The second kappa shape index (κ2) is 6.64. The van der Waals surface area contributed by atoms with Crippen molar-refractivity contribution in [2.75, 3.05) is 0 Å². The number of carboxylic acid groups (broad SMARTS) is 1. The number of aromatic carboxylic acids is 1. The van der Waals surface area contributed by atoms with Gasteiger partial charge in [0.25, 0.3) is 0 Å². The van der Waals surface area contributed by atoms with Crippen molar-refractivity contribution in [1.82, 2.24) is 9.55 Å². The van der Waals surface area contributed by atoms with Gasteiger partial charge in [-0.3, -0.25) is 0 Å². The number of carbonyl (C=O) groups is 2. The van der Waals surface area contributed by atoms with Gasteiger partial charge in [0, 0.05) is 24.4 Å². The monoisotopic (exact) mass is 302 g/mol. The zero-order chi connectivity index (χ0) is 16.3. The van der Waals surface area contributed by atoms with Crippen molar-refractivity contribution < 1.29 is 14.7 Å². The highest BCUT2D eigenvalue weighted by Crippen LogP contribution is 2.26. The smallest absolute Gasteiger partial charge is 0.337 e. The van der Waals surface area contributed by atoms with E-state index in [1.165, 1.54) is 0 Å². The van der Waals surface area contributed by atoms with E-state index in [1.807, 2.05) is 26.0 Å². The molecule has 0 aliphatic heterocycles. The van der Waals surface area contributed by atoms with E-state index in [0.29, 0.717) is 17.7 Å². The second-order valence-corrected chi connectivity index (χ2v) is 5.72. The van der Waals surface area contributed by atoms with Crippen molar-refractivity contribution in [3.63, 3.8) is 0 Å². The zero-order valence-corrected chi connectivity index (χ0v) is 13.3. The van der Waals surface area contributed by atoms with E-state index in [-0.39, 0.29) is 5.78 Å². The molecule has 0 amide bonds. The molecule has 22 heavy (non-hydrogen) atoms. The van der Waals surface area contributed by atoms with Gasteiger partial charge >= 0.3 is 5.97 Å². The first-order valence-electron chi connectivity index (χ1n) is 7.49. The lowest BCUT2D eigenvalue weighted by atomic mass is 10.1. The molecule has 2 N–H and O–H groups in total. The molecular formula is C17H22N2O3. The van der Waals surface area contributed by atoms with Crippen LogP contribution in [0.2, 0.25) is 0 Å². The summed E-state index contributed by atoms with van der Waals surface area (Å²) in [7, 11) is 0. The van der Waals surface area contributed by atoms with Crippen LogP contribution in [0.25, 0.3) is 11.4 Å². The van der Waals surface area contributed by atoms with E-state index in [1.54, 1.807) is 13.0 Å². The molecule has 5 nitrogen and oxygen atoms in total. The van der Waals surface area contributed by atoms with Gasteiger partial charge in [0.05, 0.1) is 17.0 Å². The number of nitrogens with zero attached hydrogens (tertiary/aromatic N) is 1. The molecule has 0 bridgehead atoms. The lowest BCUT2D eigenvalue weighted by Gasteiger charge is -2.11. The number of nitrogens with one attached hydrogen (secondary N) is 1. The number of carbonyl (C=O) groups excluding carboxylic acids is 1. The summed E-state index contributed by atoms with van der Waals surface area (Å²) in [5.74, 6) is -0.723. The van der Waals surface area contributed by atoms with Gasteiger partial charge in [-0.2, -0.15) is 0 Å². The number of hydrogen-bond donors (Lipinski definition) is 2. The van der Waals surface area contributed by atoms with Crippen LogP contribution in [0.4, 0.5) is 0 Å². The van der Waals surface area contributed by atoms with E-state index in [4.69, 9.17) is 0 Å². The van der Waals surface area contributed by atoms with Gasteiger partial charge in [-0.15, -0.1) is 0 Å². The summed E-state index contributed by atoms with van der Waals surface area (Å²) in [5.41, 5.74) is 3.73. The summed E-state index contributed by atoms with van der Waals surface area (Å²) in [6.07, 6.45) is 2.34. The van der Waals surface area contributed by atoms with Crippen molar-refractivity contribution >= 4 is 11.8 Å². The highest BCUT2D eigenvalue weighted by atomic mass is 16.4. The molecule has 2 heterocycles. The first kappa shape index (κ1) is 16.1. The van der Waals surface area contributed by atoms with Crippen LogP contribution in [-0.4, -0.2) is 26.4 Å². The lowest BCUT2D eigenvalue weighted by Crippen LogP contribution is -2.05. The molecule has 0 aromatic carbocycles. The Morgan fingerprint density at radius 2 is 1.95 bits per heavy atom. The number of rotatable bonds is 7. The quantitative estimate of drug-likeness (QED) is 0.768. The summed E-state index contributed by atoms with van der Waals surface area (Å²) in [6, 6.07) is 5.58. The highest BCUT2D eigenvalue weighted by molar-refractivity contribution is 5.95. The minimum atomic E-state index is -0.929. The van der Waals surface area contributed by atoms with Crippen LogP contribution in [0.1, 0.15) is 47.9 Å². The summed E-state index contributed by atoms with van der Waals surface area (Å²) in [6.45, 7) is 6.24. The molecule has 0 spiro atoms. The van der Waals surface area contributed by atoms with Gasteiger partial charge in [-0.1, -0.05) is 0 Å². The molecule has 0 aliphatic rings. The third-order valence-corrected chi connectivity index (χ3v) is 3.80. The lowest BCUT2D eigenvalue weighted by molar-refractivity contribution is -0.117. The van der Waals surface area contributed by atoms with Crippen LogP contribution in [0.3, 0.4) is 0 Å². The SMILES string of the molecule is CC(=O)CCCCn1c(C)ccc1-c1[nH]c(C)cc1C(=O)O. The maximum absolute atomic E-state index is 11.4. The predicted molar refractivity (Wildman–Crippen MR) is 85.2 cm³/mol. The van der Waals surface area contributed by atoms with Crippen molar-refractivity contribution in [3.05, 3.63) is 35.2 Å². The Morgan fingerprint density at radius 3 is 2.59 bits per heavy atom. The number of Topliss-reactive ketones (excluding diaryl/α,β-unsaturated/α-hetero) is 1. The van der Waals surface area contributed by atoms with Crippen LogP contribution in [-0.2, 0) is 11.3 Å². The molecule has 0 radical (unpaired) electrons. The Bertz CT molecular complexity index is 695. The average molecular weight is 302 g/mol. The molecule has 0 unspecified atom stereocenters.